The highest BCUT2D eigenvalue weighted by molar-refractivity contribution is 7.92. The SMILES string of the molecule is CC(C)S(=O)(=O)[C@H]1CCNC1. The number of rotatable bonds is 2. The predicted molar refractivity (Wildman–Crippen MR) is 45.3 cm³/mol. The Balaban J connectivity index is 2.72. The van der Waals surface area contributed by atoms with Gasteiger partial charge in [0.25, 0.3) is 0 Å². The minimum absolute atomic E-state index is 0.137. The third kappa shape index (κ3) is 1.73. The van der Waals surface area contributed by atoms with Crippen LogP contribution < -0.4 is 5.32 Å². The average molecular weight is 177 g/mol. The Hall–Kier alpha value is -0.0900. The molecule has 0 aromatic heterocycles. The fraction of sp³-hybridized carbons (Fsp3) is 1.00. The second kappa shape index (κ2) is 3.11. The van der Waals surface area contributed by atoms with Gasteiger partial charge in [-0.2, -0.15) is 0 Å². The Morgan fingerprint density at radius 2 is 2.09 bits per heavy atom. The van der Waals surface area contributed by atoms with Gasteiger partial charge in [-0.3, -0.25) is 0 Å². The molecule has 11 heavy (non-hydrogen) atoms. The largest absolute Gasteiger partial charge is 0.315 e. The zero-order valence-corrected chi connectivity index (χ0v) is 7.82. The lowest BCUT2D eigenvalue weighted by Gasteiger charge is -2.12. The van der Waals surface area contributed by atoms with Gasteiger partial charge >= 0.3 is 0 Å². The molecule has 0 spiro atoms. The molecule has 1 atom stereocenters. The summed E-state index contributed by atoms with van der Waals surface area (Å²) in [5, 5.41) is 2.69. The van der Waals surface area contributed by atoms with E-state index < -0.39 is 9.84 Å². The van der Waals surface area contributed by atoms with Crippen LogP contribution in [0, 0.1) is 0 Å². The molecule has 0 unspecified atom stereocenters. The minimum atomic E-state index is -2.84. The first-order chi connectivity index (χ1) is 5.05. The second-order valence-corrected chi connectivity index (χ2v) is 6.04. The average Bonchev–Trinajstić information content (AvgIpc) is 2.37. The molecule has 0 aliphatic carbocycles. The highest BCUT2D eigenvalue weighted by Gasteiger charge is 2.30. The molecule has 1 aliphatic rings. The van der Waals surface area contributed by atoms with Gasteiger partial charge in [0.05, 0.1) is 10.5 Å². The van der Waals surface area contributed by atoms with Crippen molar-refractivity contribution in [1.29, 1.82) is 0 Å². The molecular formula is C7H15NO2S. The highest BCUT2D eigenvalue weighted by atomic mass is 32.2. The van der Waals surface area contributed by atoms with Gasteiger partial charge in [-0.15, -0.1) is 0 Å². The first-order valence-electron chi connectivity index (χ1n) is 3.98. The maximum absolute atomic E-state index is 11.5. The van der Waals surface area contributed by atoms with Gasteiger partial charge in [-0.25, -0.2) is 8.42 Å². The van der Waals surface area contributed by atoms with Gasteiger partial charge in [0.2, 0.25) is 0 Å². The van der Waals surface area contributed by atoms with Crippen molar-refractivity contribution >= 4 is 9.84 Å². The zero-order chi connectivity index (χ0) is 8.48. The van der Waals surface area contributed by atoms with Gasteiger partial charge in [0.1, 0.15) is 0 Å². The Morgan fingerprint density at radius 3 is 2.45 bits per heavy atom. The summed E-state index contributed by atoms with van der Waals surface area (Å²) >= 11 is 0. The van der Waals surface area contributed by atoms with E-state index in [0.29, 0.717) is 6.54 Å². The van der Waals surface area contributed by atoms with Gasteiger partial charge in [0, 0.05) is 6.54 Å². The van der Waals surface area contributed by atoms with Crippen molar-refractivity contribution in [2.45, 2.75) is 30.8 Å². The molecule has 0 saturated carbocycles. The molecule has 66 valence electrons. The standard InChI is InChI=1S/C7H15NO2S/c1-6(2)11(9,10)7-3-4-8-5-7/h6-8H,3-5H2,1-2H3/t7-/m0/s1. The molecule has 1 rings (SSSR count). The summed E-state index contributed by atoms with van der Waals surface area (Å²) in [4.78, 5) is 0. The summed E-state index contributed by atoms with van der Waals surface area (Å²) in [7, 11) is -2.84. The van der Waals surface area contributed by atoms with E-state index in [0.717, 1.165) is 13.0 Å². The van der Waals surface area contributed by atoms with E-state index in [-0.39, 0.29) is 10.5 Å². The molecule has 0 radical (unpaired) electrons. The third-order valence-corrected chi connectivity index (χ3v) is 4.78. The van der Waals surface area contributed by atoms with E-state index in [1.165, 1.54) is 0 Å². The van der Waals surface area contributed by atoms with Crippen LogP contribution >= 0.6 is 0 Å². The van der Waals surface area contributed by atoms with Crippen molar-refractivity contribution in [1.82, 2.24) is 5.32 Å². The summed E-state index contributed by atoms with van der Waals surface area (Å²) in [5.41, 5.74) is 0. The molecule has 0 aromatic carbocycles. The van der Waals surface area contributed by atoms with E-state index in [9.17, 15) is 8.42 Å². The molecule has 1 heterocycles. The van der Waals surface area contributed by atoms with Crippen molar-refractivity contribution in [3.8, 4) is 0 Å². The Labute approximate surface area is 68.1 Å². The number of nitrogens with one attached hydrogen (secondary N) is 1. The Kier molecular flexibility index (Phi) is 2.54. The first-order valence-corrected chi connectivity index (χ1v) is 5.59. The van der Waals surface area contributed by atoms with E-state index in [1.54, 1.807) is 13.8 Å². The molecule has 1 fully saturated rings. The van der Waals surface area contributed by atoms with E-state index in [4.69, 9.17) is 0 Å². The zero-order valence-electron chi connectivity index (χ0n) is 7.00. The number of hydrogen-bond acceptors (Lipinski definition) is 3. The minimum Gasteiger partial charge on any atom is -0.315 e. The molecule has 0 bridgehead atoms. The lowest BCUT2D eigenvalue weighted by atomic mass is 10.4. The maximum Gasteiger partial charge on any atom is 0.156 e. The van der Waals surface area contributed by atoms with Crippen molar-refractivity contribution in [3.63, 3.8) is 0 Å². The third-order valence-electron chi connectivity index (χ3n) is 2.14. The van der Waals surface area contributed by atoms with Gasteiger partial charge in [0.15, 0.2) is 9.84 Å². The molecule has 1 N–H and O–H groups in total. The fourth-order valence-corrected chi connectivity index (χ4v) is 2.86. The van der Waals surface area contributed by atoms with Crippen LogP contribution in [0.4, 0.5) is 0 Å². The number of hydrogen-bond donors (Lipinski definition) is 1. The molecular weight excluding hydrogens is 162 g/mol. The van der Waals surface area contributed by atoms with Gasteiger partial charge in [-0.05, 0) is 26.8 Å². The summed E-state index contributed by atoms with van der Waals surface area (Å²) in [6.07, 6.45) is 0.778. The summed E-state index contributed by atoms with van der Waals surface area (Å²) in [6, 6.07) is 0. The van der Waals surface area contributed by atoms with Crippen LogP contribution in [-0.4, -0.2) is 32.0 Å². The monoisotopic (exact) mass is 177 g/mol. The Bertz CT molecular complexity index is 215. The molecule has 0 aromatic rings. The van der Waals surface area contributed by atoms with Crippen LogP contribution in [0.25, 0.3) is 0 Å². The topological polar surface area (TPSA) is 46.2 Å². The molecule has 3 nitrogen and oxygen atoms in total. The van der Waals surface area contributed by atoms with Gasteiger partial charge < -0.3 is 5.32 Å². The van der Waals surface area contributed by atoms with E-state index >= 15 is 0 Å². The molecule has 1 aliphatic heterocycles. The van der Waals surface area contributed by atoms with Crippen LogP contribution in [0.3, 0.4) is 0 Å². The predicted octanol–water partition coefficient (Wildman–Crippen LogP) is 0.172. The smallest absolute Gasteiger partial charge is 0.156 e. The van der Waals surface area contributed by atoms with Crippen LogP contribution in [0.5, 0.6) is 0 Å². The van der Waals surface area contributed by atoms with E-state index in [1.807, 2.05) is 0 Å². The van der Waals surface area contributed by atoms with Crippen LogP contribution in [-0.2, 0) is 9.84 Å². The maximum atomic E-state index is 11.5. The van der Waals surface area contributed by atoms with Crippen LogP contribution in [0.1, 0.15) is 20.3 Å². The van der Waals surface area contributed by atoms with Crippen molar-refractivity contribution < 1.29 is 8.42 Å². The van der Waals surface area contributed by atoms with E-state index in [2.05, 4.69) is 5.32 Å². The molecule has 1 saturated heterocycles. The van der Waals surface area contributed by atoms with Crippen molar-refractivity contribution in [2.75, 3.05) is 13.1 Å². The summed E-state index contributed by atoms with van der Waals surface area (Å²) < 4.78 is 23.0. The fourth-order valence-electron chi connectivity index (χ4n) is 1.29. The highest BCUT2D eigenvalue weighted by Crippen LogP contribution is 2.14. The normalized spacial score (nSPS) is 26.3. The quantitative estimate of drug-likeness (QED) is 0.654. The van der Waals surface area contributed by atoms with Gasteiger partial charge in [-0.1, -0.05) is 0 Å². The first kappa shape index (κ1) is 9.00. The number of sulfone groups is 1. The Morgan fingerprint density at radius 1 is 1.45 bits per heavy atom. The van der Waals surface area contributed by atoms with Crippen LogP contribution in [0.2, 0.25) is 0 Å². The van der Waals surface area contributed by atoms with Crippen LogP contribution in [0.15, 0.2) is 0 Å². The molecule has 0 amide bonds. The lowest BCUT2D eigenvalue weighted by Crippen LogP contribution is -2.30. The summed E-state index contributed by atoms with van der Waals surface area (Å²) in [5.74, 6) is 0. The van der Waals surface area contributed by atoms with Crippen molar-refractivity contribution in [2.24, 2.45) is 0 Å². The summed E-state index contributed by atoms with van der Waals surface area (Å²) in [6.45, 7) is 4.97. The molecule has 4 heteroatoms. The van der Waals surface area contributed by atoms with Crippen molar-refractivity contribution in [3.05, 3.63) is 0 Å². The second-order valence-electron chi connectivity index (χ2n) is 3.25. The lowest BCUT2D eigenvalue weighted by molar-refractivity contribution is 0.574.